The van der Waals surface area contributed by atoms with Crippen LogP contribution >= 0.6 is 15.9 Å². The maximum atomic E-state index is 14.1. The summed E-state index contributed by atoms with van der Waals surface area (Å²) in [7, 11) is 0. The predicted octanol–water partition coefficient (Wildman–Crippen LogP) is 4.17. The van der Waals surface area contributed by atoms with Crippen LogP contribution < -0.4 is 10.2 Å². The van der Waals surface area contributed by atoms with Crippen molar-refractivity contribution in [1.29, 1.82) is 0 Å². The molecule has 0 radical (unpaired) electrons. The molecule has 150 valence electrons. The number of hydrogen-bond acceptors (Lipinski definition) is 4. The number of para-hydroxylation sites is 1. The molecule has 1 N–H and O–H groups in total. The fourth-order valence-electron chi connectivity index (χ4n) is 3.38. The number of carbonyl (C=O) groups excluding carboxylic acids is 1. The van der Waals surface area contributed by atoms with Crippen molar-refractivity contribution in [2.24, 2.45) is 0 Å². The van der Waals surface area contributed by atoms with Crippen LogP contribution in [-0.4, -0.2) is 42.0 Å². The minimum atomic E-state index is -0.396. The smallest absolute Gasteiger partial charge is 0.259 e. The van der Waals surface area contributed by atoms with Crippen molar-refractivity contribution < 1.29 is 13.9 Å². The van der Waals surface area contributed by atoms with Gasteiger partial charge in [-0.2, -0.15) is 5.10 Å². The van der Waals surface area contributed by atoms with Crippen molar-refractivity contribution in [2.45, 2.75) is 6.92 Å². The maximum absolute atomic E-state index is 14.1. The summed E-state index contributed by atoms with van der Waals surface area (Å²) < 4.78 is 21.9. The quantitative estimate of drug-likeness (QED) is 0.637. The third-order valence-electron chi connectivity index (χ3n) is 4.89. The average Bonchev–Trinajstić information content (AvgIpc) is 3.10. The number of carbonyl (C=O) groups is 1. The van der Waals surface area contributed by atoms with Crippen LogP contribution in [0.25, 0.3) is 5.69 Å². The van der Waals surface area contributed by atoms with Gasteiger partial charge in [-0.3, -0.25) is 4.79 Å². The standard InChI is InChI=1S/C21H20BrFN4O2/c1-14-16(13-24-27(14)19-5-3-2-4-17(19)23)21(28)25-18-12-15(22)6-7-20(18)26-8-10-29-11-9-26/h2-7,12-13H,8-11H2,1H3,(H,25,28). The number of morpholine rings is 1. The lowest BCUT2D eigenvalue weighted by atomic mass is 10.2. The molecule has 1 amide bonds. The van der Waals surface area contributed by atoms with Crippen LogP contribution in [0, 0.1) is 12.7 Å². The molecule has 8 heteroatoms. The fourth-order valence-corrected chi connectivity index (χ4v) is 3.74. The van der Waals surface area contributed by atoms with Crippen LogP contribution in [0.5, 0.6) is 0 Å². The summed E-state index contributed by atoms with van der Waals surface area (Å²) in [6.45, 7) is 4.57. The van der Waals surface area contributed by atoms with E-state index in [-0.39, 0.29) is 5.91 Å². The van der Waals surface area contributed by atoms with E-state index in [1.54, 1.807) is 25.1 Å². The van der Waals surface area contributed by atoms with E-state index < -0.39 is 5.82 Å². The molecule has 4 rings (SSSR count). The monoisotopic (exact) mass is 458 g/mol. The Morgan fingerprint density at radius 3 is 2.69 bits per heavy atom. The minimum Gasteiger partial charge on any atom is -0.378 e. The van der Waals surface area contributed by atoms with Crippen molar-refractivity contribution in [3.05, 3.63) is 70.2 Å². The zero-order chi connectivity index (χ0) is 20.4. The number of amides is 1. The first-order chi connectivity index (χ1) is 14.0. The average molecular weight is 459 g/mol. The number of nitrogens with zero attached hydrogens (tertiary/aromatic N) is 3. The van der Waals surface area contributed by atoms with E-state index in [0.717, 1.165) is 23.2 Å². The minimum absolute atomic E-state index is 0.294. The van der Waals surface area contributed by atoms with Crippen LogP contribution in [0.1, 0.15) is 16.1 Å². The van der Waals surface area contributed by atoms with Gasteiger partial charge in [-0.15, -0.1) is 0 Å². The summed E-state index contributed by atoms with van der Waals surface area (Å²) in [5.41, 5.74) is 2.89. The van der Waals surface area contributed by atoms with Crippen molar-refractivity contribution in [1.82, 2.24) is 9.78 Å². The fraction of sp³-hybridized carbons (Fsp3) is 0.238. The van der Waals surface area contributed by atoms with Gasteiger partial charge in [0.1, 0.15) is 11.5 Å². The third kappa shape index (κ3) is 4.04. The molecule has 1 fully saturated rings. The summed E-state index contributed by atoms with van der Waals surface area (Å²) >= 11 is 3.47. The highest BCUT2D eigenvalue weighted by atomic mass is 79.9. The van der Waals surface area contributed by atoms with Crippen LogP contribution in [0.3, 0.4) is 0 Å². The lowest BCUT2D eigenvalue weighted by molar-refractivity contribution is 0.102. The SMILES string of the molecule is Cc1c(C(=O)Nc2cc(Br)ccc2N2CCOCC2)cnn1-c1ccccc1F. The van der Waals surface area contributed by atoms with Gasteiger partial charge in [0.05, 0.1) is 42.0 Å². The van der Waals surface area contributed by atoms with Crippen LogP contribution in [-0.2, 0) is 4.74 Å². The Morgan fingerprint density at radius 2 is 1.93 bits per heavy atom. The Hall–Kier alpha value is -2.71. The molecule has 1 saturated heterocycles. The first-order valence-corrected chi connectivity index (χ1v) is 10.1. The molecule has 0 aliphatic carbocycles. The largest absolute Gasteiger partial charge is 0.378 e. The van der Waals surface area contributed by atoms with Crippen LogP contribution in [0.15, 0.2) is 53.1 Å². The molecule has 1 aliphatic heterocycles. The summed E-state index contributed by atoms with van der Waals surface area (Å²) in [6.07, 6.45) is 1.46. The highest BCUT2D eigenvalue weighted by molar-refractivity contribution is 9.10. The number of anilines is 2. The van der Waals surface area contributed by atoms with E-state index in [0.29, 0.717) is 35.8 Å². The van der Waals surface area contributed by atoms with Gasteiger partial charge in [-0.1, -0.05) is 28.1 Å². The normalized spacial score (nSPS) is 14.1. The van der Waals surface area contributed by atoms with E-state index in [1.807, 2.05) is 18.2 Å². The zero-order valence-electron chi connectivity index (χ0n) is 15.9. The first kappa shape index (κ1) is 19.6. The van der Waals surface area contributed by atoms with Gasteiger partial charge < -0.3 is 15.0 Å². The Labute approximate surface area is 176 Å². The highest BCUT2D eigenvalue weighted by Crippen LogP contribution is 2.31. The highest BCUT2D eigenvalue weighted by Gasteiger charge is 2.20. The molecular weight excluding hydrogens is 439 g/mol. The predicted molar refractivity (Wildman–Crippen MR) is 113 cm³/mol. The second kappa shape index (κ2) is 8.34. The van der Waals surface area contributed by atoms with Gasteiger partial charge >= 0.3 is 0 Å². The number of rotatable bonds is 4. The molecule has 0 unspecified atom stereocenters. The number of nitrogens with one attached hydrogen (secondary N) is 1. The van der Waals surface area contributed by atoms with Gasteiger partial charge in [0.25, 0.3) is 5.91 Å². The second-order valence-corrected chi connectivity index (χ2v) is 7.64. The second-order valence-electron chi connectivity index (χ2n) is 6.72. The molecule has 0 bridgehead atoms. The first-order valence-electron chi connectivity index (χ1n) is 9.27. The molecule has 6 nitrogen and oxygen atoms in total. The summed E-state index contributed by atoms with van der Waals surface area (Å²) in [5, 5.41) is 7.21. The van der Waals surface area contributed by atoms with Gasteiger partial charge in [0.15, 0.2) is 0 Å². The summed E-state index contributed by atoms with van der Waals surface area (Å²) in [5.74, 6) is -0.690. The van der Waals surface area contributed by atoms with Gasteiger partial charge in [-0.05, 0) is 37.3 Å². The van der Waals surface area contributed by atoms with Gasteiger partial charge in [-0.25, -0.2) is 9.07 Å². The van der Waals surface area contributed by atoms with Crippen molar-refractivity contribution >= 4 is 33.2 Å². The molecule has 1 aromatic heterocycles. The van der Waals surface area contributed by atoms with Crippen molar-refractivity contribution in [3.63, 3.8) is 0 Å². The van der Waals surface area contributed by atoms with Crippen LogP contribution in [0.2, 0.25) is 0 Å². The van der Waals surface area contributed by atoms with E-state index in [4.69, 9.17) is 4.74 Å². The Balaban J connectivity index is 1.62. The van der Waals surface area contributed by atoms with E-state index in [2.05, 4.69) is 31.2 Å². The molecule has 3 aromatic rings. The topological polar surface area (TPSA) is 59.4 Å². The molecule has 29 heavy (non-hydrogen) atoms. The van der Waals surface area contributed by atoms with Crippen LogP contribution in [0.4, 0.5) is 15.8 Å². The molecule has 1 aliphatic rings. The summed E-state index contributed by atoms with van der Waals surface area (Å²) in [6, 6.07) is 12.1. The molecule has 2 heterocycles. The van der Waals surface area contributed by atoms with E-state index >= 15 is 0 Å². The van der Waals surface area contributed by atoms with E-state index in [9.17, 15) is 9.18 Å². The number of hydrogen-bond donors (Lipinski definition) is 1. The lowest BCUT2D eigenvalue weighted by Crippen LogP contribution is -2.36. The van der Waals surface area contributed by atoms with Crippen molar-refractivity contribution in [3.8, 4) is 5.69 Å². The van der Waals surface area contributed by atoms with Gasteiger partial charge in [0.2, 0.25) is 0 Å². The maximum Gasteiger partial charge on any atom is 0.259 e. The Bertz CT molecular complexity index is 1050. The molecule has 0 atom stereocenters. The lowest BCUT2D eigenvalue weighted by Gasteiger charge is -2.30. The molecule has 0 spiro atoms. The zero-order valence-corrected chi connectivity index (χ0v) is 17.4. The summed E-state index contributed by atoms with van der Waals surface area (Å²) in [4.78, 5) is 15.2. The Morgan fingerprint density at radius 1 is 1.17 bits per heavy atom. The number of halogens is 2. The number of aromatic nitrogens is 2. The van der Waals surface area contributed by atoms with Gasteiger partial charge in [0, 0.05) is 17.6 Å². The molecular formula is C21H20BrFN4O2. The number of benzene rings is 2. The number of ether oxygens (including phenoxy) is 1. The van der Waals surface area contributed by atoms with Crippen molar-refractivity contribution in [2.75, 3.05) is 36.5 Å². The molecule has 2 aromatic carbocycles. The Kier molecular flexibility index (Phi) is 5.64. The molecule has 0 saturated carbocycles. The third-order valence-corrected chi connectivity index (χ3v) is 5.39. The van der Waals surface area contributed by atoms with E-state index in [1.165, 1.54) is 16.9 Å².